The van der Waals surface area contributed by atoms with Crippen molar-refractivity contribution in [1.82, 2.24) is 14.8 Å². The number of hydrogen-bond acceptors (Lipinski definition) is 1. The first-order valence-electron chi connectivity index (χ1n) is 7.15. The van der Waals surface area contributed by atoms with E-state index in [1.165, 1.54) is 12.8 Å². The van der Waals surface area contributed by atoms with E-state index < -0.39 is 6.49 Å². The quantitative estimate of drug-likeness (QED) is 0.634. The van der Waals surface area contributed by atoms with Crippen LogP contribution in [0.3, 0.4) is 0 Å². The molecule has 0 aromatic heterocycles. The van der Waals surface area contributed by atoms with Crippen LogP contribution in [0.5, 0.6) is 0 Å². The van der Waals surface area contributed by atoms with Gasteiger partial charge >= 0.3 is 0 Å². The van der Waals surface area contributed by atoms with Crippen LogP contribution in [0.25, 0.3) is 0 Å². The van der Waals surface area contributed by atoms with Crippen LogP contribution >= 0.6 is 6.49 Å². The van der Waals surface area contributed by atoms with E-state index in [1.807, 2.05) is 0 Å². The van der Waals surface area contributed by atoms with Crippen LogP contribution in [0, 0.1) is 0 Å². The van der Waals surface area contributed by atoms with Crippen LogP contribution in [0.2, 0.25) is 0 Å². The fourth-order valence-electron chi connectivity index (χ4n) is 1.93. The molecule has 0 aliphatic heterocycles. The molecule has 0 saturated carbocycles. The summed E-state index contributed by atoms with van der Waals surface area (Å²) in [4.78, 5) is 0. The van der Waals surface area contributed by atoms with Crippen molar-refractivity contribution < 1.29 is 0 Å². The first-order chi connectivity index (χ1) is 8.23. The molecule has 0 saturated heterocycles. The summed E-state index contributed by atoms with van der Waals surface area (Å²) in [6, 6.07) is 1.29. The van der Waals surface area contributed by atoms with Crippen molar-refractivity contribution in [2.45, 2.75) is 79.4 Å². The molecule has 5 heteroatoms. The van der Waals surface area contributed by atoms with E-state index in [4.69, 9.17) is 11.8 Å². The molecule has 0 rings (SSSR count). The van der Waals surface area contributed by atoms with Gasteiger partial charge in [-0.1, -0.05) is 13.3 Å². The van der Waals surface area contributed by atoms with Crippen molar-refractivity contribution in [2.24, 2.45) is 0 Å². The number of rotatable bonds is 9. The lowest BCUT2D eigenvalue weighted by Gasteiger charge is -2.41. The molecule has 110 valence electrons. The molecular formula is C13H32N3PS. The van der Waals surface area contributed by atoms with Gasteiger partial charge in [0.1, 0.15) is 6.49 Å². The van der Waals surface area contributed by atoms with Gasteiger partial charge in [-0.3, -0.25) is 10.2 Å². The molecular weight excluding hydrogens is 261 g/mol. The van der Waals surface area contributed by atoms with E-state index in [-0.39, 0.29) is 0 Å². The largest absolute Gasteiger partial charge is 0.263 e. The predicted octanol–water partition coefficient (Wildman–Crippen LogP) is 3.72. The molecule has 0 heterocycles. The zero-order valence-corrected chi connectivity index (χ0v) is 14.9. The Morgan fingerprint density at radius 2 is 1.44 bits per heavy atom. The molecule has 0 aliphatic carbocycles. The maximum atomic E-state index is 5.98. The standard InChI is InChI=1S/C13H32N3PS/c1-8-9-10-16(13(6)7)17(18,14-11(2)3)15-12(4)5/h11-13H,8-10H2,1-7H3,(H2,14,15,18). The topological polar surface area (TPSA) is 27.3 Å². The Labute approximate surface area is 119 Å². The summed E-state index contributed by atoms with van der Waals surface area (Å²) in [7, 11) is 0. The molecule has 0 amide bonds. The van der Waals surface area contributed by atoms with E-state index in [0.29, 0.717) is 18.1 Å². The van der Waals surface area contributed by atoms with Crippen LogP contribution in [0.15, 0.2) is 0 Å². The lowest BCUT2D eigenvalue weighted by molar-refractivity contribution is 0.360. The Morgan fingerprint density at radius 1 is 1.00 bits per heavy atom. The molecule has 0 unspecified atom stereocenters. The molecule has 0 aromatic rings. The molecule has 2 N–H and O–H groups in total. The molecule has 0 spiro atoms. The summed E-state index contributed by atoms with van der Waals surface area (Å²) in [5, 5.41) is 7.24. The summed E-state index contributed by atoms with van der Waals surface area (Å²) >= 11 is 5.98. The summed E-state index contributed by atoms with van der Waals surface area (Å²) in [6.45, 7) is 14.6. The number of hydrogen-bond donors (Lipinski definition) is 2. The molecule has 3 nitrogen and oxygen atoms in total. The second kappa shape index (κ2) is 8.65. The normalized spacial score (nSPS) is 13.3. The Morgan fingerprint density at radius 3 is 1.72 bits per heavy atom. The molecule has 0 radical (unpaired) electrons. The Bertz CT molecular complexity index is 253. The highest BCUT2D eigenvalue weighted by atomic mass is 32.4. The molecule has 0 aliphatic rings. The molecule has 18 heavy (non-hydrogen) atoms. The van der Waals surface area contributed by atoms with Crippen molar-refractivity contribution in [2.75, 3.05) is 6.54 Å². The van der Waals surface area contributed by atoms with E-state index >= 15 is 0 Å². The zero-order chi connectivity index (χ0) is 14.3. The van der Waals surface area contributed by atoms with Gasteiger partial charge in [0.15, 0.2) is 0 Å². The number of unbranched alkanes of at least 4 members (excludes halogenated alkanes) is 1. The highest BCUT2D eigenvalue weighted by Crippen LogP contribution is 2.44. The maximum absolute atomic E-state index is 5.98. The summed E-state index contributed by atoms with van der Waals surface area (Å²) < 4.78 is 2.46. The second-order valence-electron chi connectivity index (χ2n) is 5.75. The SMILES string of the molecule is CCCCN(C(C)C)P(=S)(NC(C)C)NC(C)C. The maximum Gasteiger partial charge on any atom is 0.141 e. The van der Waals surface area contributed by atoms with Crippen molar-refractivity contribution >= 4 is 18.3 Å². The van der Waals surface area contributed by atoms with Crippen molar-refractivity contribution in [3.63, 3.8) is 0 Å². The second-order valence-corrected chi connectivity index (χ2v) is 9.52. The molecule has 0 fully saturated rings. The average Bonchev–Trinajstić information content (AvgIpc) is 2.14. The summed E-state index contributed by atoms with van der Waals surface area (Å²) in [6.07, 6.45) is 2.41. The van der Waals surface area contributed by atoms with Crippen molar-refractivity contribution in [3.8, 4) is 0 Å². The van der Waals surface area contributed by atoms with Crippen LogP contribution in [-0.4, -0.2) is 29.3 Å². The zero-order valence-electron chi connectivity index (χ0n) is 13.2. The van der Waals surface area contributed by atoms with E-state index in [1.54, 1.807) is 0 Å². The third-order valence-electron chi connectivity index (χ3n) is 2.56. The highest BCUT2D eigenvalue weighted by molar-refractivity contribution is 8.11. The number of nitrogens with zero attached hydrogens (tertiary/aromatic N) is 1. The first-order valence-corrected chi connectivity index (χ1v) is 9.91. The van der Waals surface area contributed by atoms with E-state index in [2.05, 4.69) is 63.3 Å². The fourth-order valence-corrected chi connectivity index (χ4v) is 6.85. The Balaban J connectivity index is 5.02. The Kier molecular flexibility index (Phi) is 8.91. The lowest BCUT2D eigenvalue weighted by atomic mass is 10.3. The minimum atomic E-state index is -1.86. The van der Waals surface area contributed by atoms with E-state index in [0.717, 1.165) is 6.54 Å². The van der Waals surface area contributed by atoms with Gasteiger partial charge in [-0.2, -0.15) is 0 Å². The van der Waals surface area contributed by atoms with Gasteiger partial charge in [0.25, 0.3) is 0 Å². The minimum Gasteiger partial charge on any atom is -0.263 e. The van der Waals surface area contributed by atoms with Gasteiger partial charge in [0.2, 0.25) is 0 Å². The van der Waals surface area contributed by atoms with Gasteiger partial charge < -0.3 is 0 Å². The minimum absolute atomic E-state index is 0.407. The lowest BCUT2D eigenvalue weighted by Crippen LogP contribution is -2.43. The predicted molar refractivity (Wildman–Crippen MR) is 87.6 cm³/mol. The highest BCUT2D eigenvalue weighted by Gasteiger charge is 2.28. The molecule has 0 atom stereocenters. The first kappa shape index (κ1) is 18.5. The van der Waals surface area contributed by atoms with Crippen LogP contribution in [-0.2, 0) is 11.8 Å². The molecule has 0 bridgehead atoms. The summed E-state index contributed by atoms with van der Waals surface area (Å²) in [5.41, 5.74) is 0. The Hall–Kier alpha value is 0.530. The molecule has 0 aromatic carbocycles. The average molecular weight is 293 g/mol. The van der Waals surface area contributed by atoms with Gasteiger partial charge in [-0.05, 0) is 59.8 Å². The van der Waals surface area contributed by atoms with Gasteiger partial charge in [0, 0.05) is 24.7 Å². The van der Waals surface area contributed by atoms with Crippen molar-refractivity contribution in [3.05, 3.63) is 0 Å². The third-order valence-corrected chi connectivity index (χ3v) is 6.94. The smallest absolute Gasteiger partial charge is 0.141 e. The number of nitrogens with one attached hydrogen (secondary N) is 2. The van der Waals surface area contributed by atoms with E-state index in [9.17, 15) is 0 Å². The van der Waals surface area contributed by atoms with Crippen LogP contribution in [0.1, 0.15) is 61.3 Å². The summed E-state index contributed by atoms with van der Waals surface area (Å²) in [5.74, 6) is 0. The fraction of sp³-hybridized carbons (Fsp3) is 1.00. The van der Waals surface area contributed by atoms with Gasteiger partial charge in [-0.25, -0.2) is 4.67 Å². The van der Waals surface area contributed by atoms with Crippen LogP contribution in [0.4, 0.5) is 0 Å². The third kappa shape index (κ3) is 6.63. The van der Waals surface area contributed by atoms with Crippen molar-refractivity contribution in [1.29, 1.82) is 0 Å². The monoisotopic (exact) mass is 293 g/mol. The van der Waals surface area contributed by atoms with Gasteiger partial charge in [-0.15, -0.1) is 0 Å². The van der Waals surface area contributed by atoms with Gasteiger partial charge in [0.05, 0.1) is 0 Å². The van der Waals surface area contributed by atoms with Crippen LogP contribution < -0.4 is 10.2 Å².